The second-order valence-corrected chi connectivity index (χ2v) is 4.65. The van der Waals surface area contributed by atoms with Crippen molar-refractivity contribution in [2.75, 3.05) is 26.6 Å². The Balaban J connectivity index is 2.23. The van der Waals surface area contributed by atoms with Gasteiger partial charge in [-0.15, -0.1) is 0 Å². The average Bonchev–Trinajstić information content (AvgIpc) is 2.41. The number of hydrogen-bond acceptors (Lipinski definition) is 6. The monoisotopic (exact) mass is 282 g/mol. The highest BCUT2D eigenvalue weighted by molar-refractivity contribution is 5.69. The van der Waals surface area contributed by atoms with Gasteiger partial charge in [-0.25, -0.2) is 0 Å². The van der Waals surface area contributed by atoms with E-state index < -0.39 is 4.92 Å². The Kier molecular flexibility index (Phi) is 4.29. The van der Waals surface area contributed by atoms with Gasteiger partial charge in [0.15, 0.2) is 11.5 Å². The molecule has 20 heavy (non-hydrogen) atoms. The van der Waals surface area contributed by atoms with Crippen LogP contribution in [0.1, 0.15) is 12.8 Å². The van der Waals surface area contributed by atoms with Crippen molar-refractivity contribution in [2.24, 2.45) is 0 Å². The molecule has 0 atom stereocenters. The molecular formula is C13H18N2O5. The van der Waals surface area contributed by atoms with Crippen LogP contribution in [0.4, 0.5) is 11.4 Å². The summed E-state index contributed by atoms with van der Waals surface area (Å²) in [5.74, 6) is 0.802. The molecule has 0 aliphatic heterocycles. The van der Waals surface area contributed by atoms with Crippen molar-refractivity contribution >= 4 is 11.4 Å². The smallest absolute Gasteiger partial charge is 0.296 e. The summed E-state index contributed by atoms with van der Waals surface area (Å²) >= 11 is 0. The van der Waals surface area contributed by atoms with Gasteiger partial charge in [-0.3, -0.25) is 10.1 Å². The van der Waals surface area contributed by atoms with Crippen LogP contribution in [0.2, 0.25) is 0 Å². The zero-order valence-electron chi connectivity index (χ0n) is 11.7. The second-order valence-electron chi connectivity index (χ2n) is 4.65. The summed E-state index contributed by atoms with van der Waals surface area (Å²) < 4.78 is 15.5. The number of ether oxygens (including phenoxy) is 3. The molecule has 0 spiro atoms. The lowest BCUT2D eigenvalue weighted by molar-refractivity contribution is -0.384. The molecule has 0 saturated heterocycles. The average molecular weight is 282 g/mol. The molecular weight excluding hydrogens is 264 g/mol. The number of hydrogen-bond donors (Lipinski definition) is 1. The molecule has 1 fully saturated rings. The lowest BCUT2D eigenvalue weighted by atomic mass is 9.89. The van der Waals surface area contributed by atoms with Gasteiger partial charge in [0.25, 0.3) is 5.69 Å². The van der Waals surface area contributed by atoms with Crippen LogP contribution in [0, 0.1) is 10.1 Å². The van der Waals surface area contributed by atoms with Gasteiger partial charge < -0.3 is 19.5 Å². The van der Waals surface area contributed by atoms with E-state index in [1.54, 1.807) is 13.2 Å². The first-order chi connectivity index (χ1) is 9.58. The van der Waals surface area contributed by atoms with Crippen LogP contribution in [0.5, 0.6) is 11.5 Å². The van der Waals surface area contributed by atoms with E-state index in [1.807, 2.05) is 0 Å². The van der Waals surface area contributed by atoms with Crippen molar-refractivity contribution < 1.29 is 19.1 Å². The van der Waals surface area contributed by atoms with Crippen molar-refractivity contribution in [3.8, 4) is 11.5 Å². The van der Waals surface area contributed by atoms with E-state index in [1.165, 1.54) is 20.3 Å². The Hall–Kier alpha value is -2.02. The van der Waals surface area contributed by atoms with Crippen molar-refractivity contribution in [1.82, 2.24) is 0 Å². The van der Waals surface area contributed by atoms with E-state index in [0.29, 0.717) is 17.2 Å². The molecule has 0 radical (unpaired) electrons. The molecule has 2 rings (SSSR count). The standard InChI is InChI=1S/C13H18N2O5/c1-18-9-4-8(5-9)14-10-6-12(19-2)13(20-3)7-11(10)15(16)17/h6-9,14H,4-5H2,1-3H3. The molecule has 1 aliphatic carbocycles. The molecule has 0 amide bonds. The Bertz CT molecular complexity index is 500. The van der Waals surface area contributed by atoms with Gasteiger partial charge in [-0.05, 0) is 12.8 Å². The maximum atomic E-state index is 11.1. The van der Waals surface area contributed by atoms with E-state index >= 15 is 0 Å². The van der Waals surface area contributed by atoms with Gasteiger partial charge in [-0.2, -0.15) is 0 Å². The molecule has 0 bridgehead atoms. The Morgan fingerprint density at radius 2 is 1.80 bits per heavy atom. The van der Waals surface area contributed by atoms with Gasteiger partial charge in [0, 0.05) is 19.2 Å². The topological polar surface area (TPSA) is 82.9 Å². The third-order valence-electron chi connectivity index (χ3n) is 3.49. The van der Waals surface area contributed by atoms with Crippen LogP contribution >= 0.6 is 0 Å². The summed E-state index contributed by atoms with van der Waals surface area (Å²) in [6, 6.07) is 3.14. The minimum Gasteiger partial charge on any atom is -0.493 e. The maximum Gasteiger partial charge on any atom is 0.296 e. The van der Waals surface area contributed by atoms with Crippen molar-refractivity contribution in [1.29, 1.82) is 0 Å². The summed E-state index contributed by atoms with van der Waals surface area (Å²) in [6.07, 6.45) is 1.90. The van der Waals surface area contributed by atoms with E-state index in [2.05, 4.69) is 5.32 Å². The van der Waals surface area contributed by atoms with Gasteiger partial charge in [0.2, 0.25) is 0 Å². The van der Waals surface area contributed by atoms with Crippen LogP contribution in [-0.2, 0) is 4.74 Å². The van der Waals surface area contributed by atoms with Crippen LogP contribution in [0.15, 0.2) is 12.1 Å². The number of rotatable bonds is 6. The number of benzene rings is 1. The summed E-state index contributed by atoms with van der Waals surface area (Å²) in [5.41, 5.74) is 0.413. The largest absolute Gasteiger partial charge is 0.493 e. The minimum atomic E-state index is -0.434. The molecule has 7 heteroatoms. The lowest BCUT2D eigenvalue weighted by Gasteiger charge is -2.35. The molecule has 1 N–H and O–H groups in total. The molecule has 0 heterocycles. The third kappa shape index (κ3) is 2.77. The molecule has 110 valence electrons. The van der Waals surface area contributed by atoms with Crippen LogP contribution in [0.25, 0.3) is 0 Å². The van der Waals surface area contributed by atoms with Crippen LogP contribution in [0.3, 0.4) is 0 Å². The molecule has 0 unspecified atom stereocenters. The fourth-order valence-electron chi connectivity index (χ4n) is 2.23. The molecule has 7 nitrogen and oxygen atoms in total. The molecule has 0 aromatic heterocycles. The van der Waals surface area contributed by atoms with E-state index in [-0.39, 0.29) is 17.8 Å². The van der Waals surface area contributed by atoms with Gasteiger partial charge in [-0.1, -0.05) is 0 Å². The number of nitro benzene ring substituents is 1. The Morgan fingerprint density at radius 3 is 2.30 bits per heavy atom. The number of nitro groups is 1. The van der Waals surface area contributed by atoms with Crippen LogP contribution in [-0.4, -0.2) is 38.4 Å². The highest BCUT2D eigenvalue weighted by atomic mass is 16.6. The fourth-order valence-corrected chi connectivity index (χ4v) is 2.23. The third-order valence-corrected chi connectivity index (χ3v) is 3.49. The summed E-state index contributed by atoms with van der Waals surface area (Å²) in [7, 11) is 4.61. The van der Waals surface area contributed by atoms with E-state index in [4.69, 9.17) is 14.2 Å². The summed E-state index contributed by atoms with van der Waals surface area (Å²) in [6.45, 7) is 0. The van der Waals surface area contributed by atoms with E-state index in [9.17, 15) is 10.1 Å². The summed E-state index contributed by atoms with van der Waals surface area (Å²) in [5, 5.41) is 14.3. The normalized spacial score (nSPS) is 20.9. The quantitative estimate of drug-likeness (QED) is 0.636. The highest BCUT2D eigenvalue weighted by Crippen LogP contribution is 2.39. The first-order valence-corrected chi connectivity index (χ1v) is 6.28. The molecule has 1 aromatic carbocycles. The fraction of sp³-hybridized carbons (Fsp3) is 0.538. The zero-order chi connectivity index (χ0) is 14.7. The zero-order valence-corrected chi connectivity index (χ0v) is 11.7. The predicted octanol–water partition coefficient (Wildman–Crippen LogP) is 2.20. The number of nitrogens with zero attached hydrogens (tertiary/aromatic N) is 1. The maximum absolute atomic E-state index is 11.1. The molecule has 1 aromatic rings. The highest BCUT2D eigenvalue weighted by Gasteiger charge is 2.31. The van der Waals surface area contributed by atoms with Gasteiger partial charge in [0.05, 0.1) is 31.3 Å². The van der Waals surface area contributed by atoms with Crippen molar-refractivity contribution in [2.45, 2.75) is 25.0 Å². The molecule has 1 aliphatic rings. The minimum absolute atomic E-state index is 0.0245. The van der Waals surface area contributed by atoms with Crippen molar-refractivity contribution in [3.63, 3.8) is 0 Å². The predicted molar refractivity (Wildman–Crippen MR) is 73.6 cm³/mol. The number of anilines is 1. The first-order valence-electron chi connectivity index (χ1n) is 6.28. The lowest BCUT2D eigenvalue weighted by Crippen LogP contribution is -2.40. The summed E-state index contributed by atoms with van der Waals surface area (Å²) in [4.78, 5) is 10.7. The van der Waals surface area contributed by atoms with Crippen molar-refractivity contribution in [3.05, 3.63) is 22.2 Å². The van der Waals surface area contributed by atoms with Gasteiger partial charge in [0.1, 0.15) is 5.69 Å². The van der Waals surface area contributed by atoms with Crippen LogP contribution < -0.4 is 14.8 Å². The number of nitrogens with one attached hydrogen (secondary N) is 1. The number of methoxy groups -OCH3 is 3. The second kappa shape index (κ2) is 5.96. The Labute approximate surface area is 117 Å². The van der Waals surface area contributed by atoms with Gasteiger partial charge >= 0.3 is 0 Å². The Morgan fingerprint density at radius 1 is 1.20 bits per heavy atom. The van der Waals surface area contributed by atoms with E-state index in [0.717, 1.165) is 12.8 Å². The first kappa shape index (κ1) is 14.4. The molecule has 1 saturated carbocycles. The SMILES string of the molecule is COc1cc(NC2CC(OC)C2)c([N+](=O)[O-])cc1OC.